The summed E-state index contributed by atoms with van der Waals surface area (Å²) in [5.74, 6) is 0. The van der Waals surface area contributed by atoms with Gasteiger partial charge in [0.05, 0.1) is 5.69 Å². The minimum atomic E-state index is 0.0585. The van der Waals surface area contributed by atoms with Crippen LogP contribution in [0.25, 0.3) is 5.65 Å². The van der Waals surface area contributed by atoms with Crippen molar-refractivity contribution in [3.8, 4) is 0 Å². The largest absolute Gasteiger partial charge is 0.300 e. The van der Waals surface area contributed by atoms with E-state index in [1.807, 2.05) is 18.6 Å². The molecule has 3 heteroatoms. The maximum atomic E-state index is 4.70. The molecule has 0 radical (unpaired) electrons. The summed E-state index contributed by atoms with van der Waals surface area (Å²) >= 11 is 0. The molecule has 0 saturated heterocycles. The molecule has 0 aromatic carbocycles. The van der Waals surface area contributed by atoms with E-state index in [0.717, 1.165) is 17.8 Å². The minimum absolute atomic E-state index is 0.0585. The molecule has 0 aliphatic heterocycles. The van der Waals surface area contributed by atoms with Gasteiger partial charge in [-0.3, -0.25) is 4.98 Å². The molecule has 2 rings (SSSR count). The lowest BCUT2D eigenvalue weighted by molar-refractivity contribution is 0.486. The zero-order chi connectivity index (χ0) is 13.6. The Hall–Kier alpha value is -1.38. The second-order valence-electron chi connectivity index (χ2n) is 6.60. The van der Waals surface area contributed by atoms with Crippen molar-refractivity contribution in [1.82, 2.24) is 14.4 Å². The fraction of sp³-hybridized carbons (Fsp3) is 0.600. The average molecular weight is 245 g/mol. The summed E-state index contributed by atoms with van der Waals surface area (Å²) in [5, 5.41) is 0. The molecule has 0 unspecified atom stereocenters. The lowest BCUT2D eigenvalue weighted by Gasteiger charge is -2.26. The molecule has 98 valence electrons. The van der Waals surface area contributed by atoms with Gasteiger partial charge in [-0.15, -0.1) is 0 Å². The van der Waals surface area contributed by atoms with Crippen molar-refractivity contribution in [2.24, 2.45) is 0 Å². The second-order valence-corrected chi connectivity index (χ2v) is 6.60. The highest BCUT2D eigenvalue weighted by atomic mass is 15.0. The van der Waals surface area contributed by atoms with E-state index in [9.17, 15) is 0 Å². The lowest BCUT2D eigenvalue weighted by Crippen LogP contribution is -2.23. The summed E-state index contributed by atoms with van der Waals surface area (Å²) in [5.41, 5.74) is 3.41. The number of aromatic nitrogens is 3. The Kier molecular flexibility index (Phi) is 2.96. The SMILES string of the molecule is CCC(C)(C)c1ncc(C(C)(C)C)n2ccnc12. The van der Waals surface area contributed by atoms with Gasteiger partial charge < -0.3 is 4.40 Å². The van der Waals surface area contributed by atoms with Crippen LogP contribution >= 0.6 is 0 Å². The van der Waals surface area contributed by atoms with E-state index in [0.29, 0.717) is 0 Å². The van der Waals surface area contributed by atoms with E-state index in [-0.39, 0.29) is 10.8 Å². The molecule has 0 saturated carbocycles. The van der Waals surface area contributed by atoms with E-state index in [2.05, 4.69) is 50.9 Å². The van der Waals surface area contributed by atoms with Crippen molar-refractivity contribution in [2.75, 3.05) is 0 Å². The predicted molar refractivity (Wildman–Crippen MR) is 75.0 cm³/mol. The number of nitrogens with zero attached hydrogens (tertiary/aromatic N) is 3. The molecule has 3 nitrogen and oxygen atoms in total. The third-order valence-corrected chi connectivity index (χ3v) is 3.72. The maximum absolute atomic E-state index is 4.70. The molecule has 0 spiro atoms. The Morgan fingerprint density at radius 2 is 1.78 bits per heavy atom. The molecule has 2 aromatic rings. The molecular weight excluding hydrogens is 222 g/mol. The summed E-state index contributed by atoms with van der Waals surface area (Å²) in [6.07, 6.45) is 6.95. The monoisotopic (exact) mass is 245 g/mol. The summed E-state index contributed by atoms with van der Waals surface area (Å²) in [6, 6.07) is 0. The number of hydrogen-bond donors (Lipinski definition) is 0. The molecule has 0 amide bonds. The van der Waals surface area contributed by atoms with Gasteiger partial charge in [-0.1, -0.05) is 41.5 Å². The van der Waals surface area contributed by atoms with Gasteiger partial charge in [-0.05, 0) is 6.42 Å². The van der Waals surface area contributed by atoms with Gasteiger partial charge in [-0.2, -0.15) is 0 Å². The minimum Gasteiger partial charge on any atom is -0.300 e. The summed E-state index contributed by atoms with van der Waals surface area (Å²) < 4.78 is 2.18. The Balaban J connectivity index is 2.73. The normalized spacial score (nSPS) is 13.2. The summed E-state index contributed by atoms with van der Waals surface area (Å²) in [6.45, 7) is 13.2. The van der Waals surface area contributed by atoms with E-state index in [4.69, 9.17) is 4.98 Å². The van der Waals surface area contributed by atoms with Crippen molar-refractivity contribution in [1.29, 1.82) is 0 Å². The van der Waals surface area contributed by atoms with Crippen molar-refractivity contribution < 1.29 is 0 Å². The van der Waals surface area contributed by atoms with Crippen molar-refractivity contribution in [2.45, 2.75) is 58.8 Å². The average Bonchev–Trinajstić information content (AvgIpc) is 2.74. The number of rotatable bonds is 2. The van der Waals surface area contributed by atoms with Crippen LogP contribution in [0.1, 0.15) is 59.4 Å². The van der Waals surface area contributed by atoms with Crippen LogP contribution in [0.3, 0.4) is 0 Å². The van der Waals surface area contributed by atoms with Crippen LogP contribution in [0, 0.1) is 0 Å². The fourth-order valence-electron chi connectivity index (χ4n) is 2.12. The summed E-state index contributed by atoms with van der Waals surface area (Å²) in [7, 11) is 0. The Morgan fingerprint density at radius 3 is 2.33 bits per heavy atom. The third kappa shape index (κ3) is 2.02. The topological polar surface area (TPSA) is 30.2 Å². The van der Waals surface area contributed by atoms with Gasteiger partial charge in [0.1, 0.15) is 0 Å². The van der Waals surface area contributed by atoms with Gasteiger partial charge >= 0.3 is 0 Å². The van der Waals surface area contributed by atoms with E-state index >= 15 is 0 Å². The smallest absolute Gasteiger partial charge is 0.159 e. The van der Waals surface area contributed by atoms with Gasteiger partial charge in [-0.25, -0.2) is 4.98 Å². The van der Waals surface area contributed by atoms with Crippen LogP contribution < -0.4 is 0 Å². The molecule has 0 fully saturated rings. The number of fused-ring (bicyclic) bond motifs is 1. The molecule has 2 aromatic heterocycles. The van der Waals surface area contributed by atoms with Gasteiger partial charge in [0, 0.05) is 35.1 Å². The van der Waals surface area contributed by atoms with Crippen molar-refractivity contribution in [3.63, 3.8) is 0 Å². The van der Waals surface area contributed by atoms with Crippen molar-refractivity contribution in [3.05, 3.63) is 30.0 Å². The van der Waals surface area contributed by atoms with Crippen LogP contribution in [0.15, 0.2) is 18.6 Å². The van der Waals surface area contributed by atoms with Gasteiger partial charge in [0.25, 0.3) is 0 Å². The first-order chi connectivity index (χ1) is 8.27. The zero-order valence-electron chi connectivity index (χ0n) is 12.3. The van der Waals surface area contributed by atoms with Gasteiger partial charge in [0.15, 0.2) is 5.65 Å². The number of hydrogen-bond acceptors (Lipinski definition) is 2. The highest BCUT2D eigenvalue weighted by molar-refractivity contribution is 5.49. The zero-order valence-corrected chi connectivity index (χ0v) is 12.3. The predicted octanol–water partition coefficient (Wildman–Crippen LogP) is 3.71. The molecule has 0 N–H and O–H groups in total. The van der Waals surface area contributed by atoms with Crippen LogP contribution in [0.4, 0.5) is 0 Å². The molecule has 2 heterocycles. The Morgan fingerprint density at radius 1 is 1.11 bits per heavy atom. The van der Waals surface area contributed by atoms with E-state index in [1.165, 1.54) is 5.69 Å². The molecule has 0 atom stereocenters. The van der Waals surface area contributed by atoms with E-state index < -0.39 is 0 Å². The molecule has 0 bridgehead atoms. The first kappa shape index (κ1) is 13.1. The first-order valence-corrected chi connectivity index (χ1v) is 6.60. The molecule has 0 aliphatic carbocycles. The standard InChI is InChI=1S/C15H23N3/c1-7-15(5,6)12-13-16-8-9-18(13)11(10-17-12)14(2,3)4/h8-10H,7H2,1-6H3. The van der Waals surface area contributed by atoms with Crippen LogP contribution in [0.5, 0.6) is 0 Å². The fourth-order valence-corrected chi connectivity index (χ4v) is 2.12. The Labute approximate surface area is 109 Å². The second kappa shape index (κ2) is 4.08. The highest BCUT2D eigenvalue weighted by Gasteiger charge is 2.26. The molecule has 0 aliphatic rings. The third-order valence-electron chi connectivity index (χ3n) is 3.72. The maximum Gasteiger partial charge on any atom is 0.159 e. The molecule has 18 heavy (non-hydrogen) atoms. The number of imidazole rings is 1. The van der Waals surface area contributed by atoms with Crippen molar-refractivity contribution >= 4 is 5.65 Å². The lowest BCUT2D eigenvalue weighted by atomic mass is 9.85. The van der Waals surface area contributed by atoms with Crippen LogP contribution in [0.2, 0.25) is 0 Å². The molecular formula is C15H23N3. The Bertz CT molecular complexity index is 559. The van der Waals surface area contributed by atoms with E-state index in [1.54, 1.807) is 0 Å². The van der Waals surface area contributed by atoms with Crippen LogP contribution in [-0.2, 0) is 10.8 Å². The first-order valence-electron chi connectivity index (χ1n) is 6.60. The quantitative estimate of drug-likeness (QED) is 0.807. The highest BCUT2D eigenvalue weighted by Crippen LogP contribution is 2.30. The summed E-state index contributed by atoms with van der Waals surface area (Å²) in [4.78, 5) is 9.21. The van der Waals surface area contributed by atoms with Gasteiger partial charge in [0.2, 0.25) is 0 Å². The van der Waals surface area contributed by atoms with Crippen LogP contribution in [-0.4, -0.2) is 14.4 Å².